The third kappa shape index (κ3) is 6.72. The van der Waals surface area contributed by atoms with Crippen molar-refractivity contribution in [1.82, 2.24) is 4.72 Å². The lowest BCUT2D eigenvalue weighted by molar-refractivity contribution is 0.534. The zero-order valence-electron chi connectivity index (χ0n) is 9.03. The molecular formula is C9H17ClN2O2S. The maximum Gasteiger partial charge on any atom is 0.212 e. The molecule has 0 aromatic rings. The molecule has 0 aliphatic heterocycles. The first-order chi connectivity index (χ1) is 6.95. The summed E-state index contributed by atoms with van der Waals surface area (Å²) in [5, 5.41) is 8.49. The molecule has 2 unspecified atom stereocenters. The Bertz CT molecular complexity index is 311. The largest absolute Gasteiger partial charge is 0.212 e. The van der Waals surface area contributed by atoms with Crippen molar-refractivity contribution >= 4 is 21.6 Å². The van der Waals surface area contributed by atoms with Crippen molar-refractivity contribution in [1.29, 1.82) is 5.26 Å². The lowest BCUT2D eigenvalue weighted by Gasteiger charge is -2.15. The molecule has 0 amide bonds. The Balaban J connectivity index is 4.30. The molecule has 0 saturated carbocycles. The number of halogens is 1. The minimum absolute atomic E-state index is 0.0123. The first-order valence-corrected chi connectivity index (χ1v) is 7.06. The molecule has 0 fully saturated rings. The molecule has 2 atom stereocenters. The van der Waals surface area contributed by atoms with E-state index in [4.69, 9.17) is 16.9 Å². The zero-order valence-corrected chi connectivity index (χ0v) is 10.6. The smallest absolute Gasteiger partial charge is 0.212 e. The van der Waals surface area contributed by atoms with E-state index in [2.05, 4.69) is 4.72 Å². The highest BCUT2D eigenvalue weighted by Crippen LogP contribution is 2.05. The van der Waals surface area contributed by atoms with Crippen LogP contribution in [0.5, 0.6) is 0 Å². The van der Waals surface area contributed by atoms with Crippen molar-refractivity contribution in [2.45, 2.75) is 32.7 Å². The third-order valence-corrected chi connectivity index (χ3v) is 4.17. The fourth-order valence-electron chi connectivity index (χ4n) is 1.10. The highest BCUT2D eigenvalue weighted by atomic mass is 35.5. The molecule has 0 rings (SSSR count). The number of nitrogens with zero attached hydrogens (tertiary/aromatic N) is 1. The predicted molar refractivity (Wildman–Crippen MR) is 61.1 cm³/mol. The molecule has 0 aromatic carbocycles. The highest BCUT2D eigenvalue weighted by molar-refractivity contribution is 7.89. The molecule has 4 nitrogen and oxygen atoms in total. The van der Waals surface area contributed by atoms with Gasteiger partial charge in [-0.3, -0.25) is 0 Å². The molecule has 0 radical (unpaired) electrons. The molecule has 0 aromatic heterocycles. The normalized spacial score (nSPS) is 15.6. The summed E-state index contributed by atoms with van der Waals surface area (Å²) in [6, 6.07) is 1.67. The van der Waals surface area contributed by atoms with E-state index in [1.54, 1.807) is 6.92 Å². The highest BCUT2D eigenvalue weighted by Gasteiger charge is 2.18. The Morgan fingerprint density at radius 2 is 2.13 bits per heavy atom. The van der Waals surface area contributed by atoms with E-state index in [1.807, 2.05) is 13.0 Å². The molecule has 6 heteroatoms. The predicted octanol–water partition coefficient (Wildman–Crippen LogP) is 1.47. The van der Waals surface area contributed by atoms with Crippen molar-refractivity contribution in [3.05, 3.63) is 0 Å². The van der Waals surface area contributed by atoms with E-state index in [-0.39, 0.29) is 24.1 Å². The van der Waals surface area contributed by atoms with Crippen LogP contribution in [-0.4, -0.2) is 26.1 Å². The van der Waals surface area contributed by atoms with Crippen LogP contribution in [0.3, 0.4) is 0 Å². The summed E-state index contributed by atoms with van der Waals surface area (Å²) >= 11 is 5.55. The van der Waals surface area contributed by atoms with E-state index in [0.717, 1.165) is 0 Å². The molecule has 0 spiro atoms. The zero-order chi connectivity index (χ0) is 11.9. The summed E-state index contributed by atoms with van der Waals surface area (Å²) in [6.07, 6.45) is 0.813. The van der Waals surface area contributed by atoms with Crippen LogP contribution in [0.4, 0.5) is 0 Å². The van der Waals surface area contributed by atoms with Crippen LogP contribution >= 0.6 is 11.6 Å². The summed E-state index contributed by atoms with van der Waals surface area (Å²) in [7, 11) is -3.31. The Morgan fingerprint density at radius 1 is 1.53 bits per heavy atom. The minimum atomic E-state index is -3.31. The van der Waals surface area contributed by atoms with Gasteiger partial charge in [-0.05, 0) is 12.3 Å². The molecule has 0 heterocycles. The Kier molecular flexibility index (Phi) is 6.90. The van der Waals surface area contributed by atoms with Crippen LogP contribution in [0, 0.1) is 17.2 Å². The molecule has 0 aliphatic carbocycles. The first-order valence-electron chi connectivity index (χ1n) is 4.88. The van der Waals surface area contributed by atoms with E-state index >= 15 is 0 Å². The first kappa shape index (κ1) is 14.7. The lowest BCUT2D eigenvalue weighted by atomic mass is 10.2. The van der Waals surface area contributed by atoms with Gasteiger partial charge >= 0.3 is 0 Å². The van der Waals surface area contributed by atoms with E-state index < -0.39 is 10.0 Å². The van der Waals surface area contributed by atoms with Gasteiger partial charge in [0.25, 0.3) is 0 Å². The van der Waals surface area contributed by atoms with Crippen LogP contribution in [0.1, 0.15) is 26.7 Å². The second-order valence-corrected chi connectivity index (χ2v) is 5.73. The second-order valence-electron chi connectivity index (χ2n) is 3.63. The third-order valence-electron chi connectivity index (χ3n) is 1.94. The van der Waals surface area contributed by atoms with Gasteiger partial charge in [-0.15, -0.1) is 11.6 Å². The molecule has 0 saturated heterocycles. The Labute approximate surface area is 96.7 Å². The average Bonchev–Trinajstić information content (AvgIpc) is 2.15. The number of rotatable bonds is 7. The van der Waals surface area contributed by atoms with Gasteiger partial charge in [0.05, 0.1) is 18.2 Å². The number of nitrogens with one attached hydrogen (secondary N) is 1. The fourth-order valence-corrected chi connectivity index (χ4v) is 3.06. The van der Waals surface area contributed by atoms with Gasteiger partial charge in [0.15, 0.2) is 0 Å². The summed E-state index contributed by atoms with van der Waals surface area (Å²) in [6.45, 7) is 3.62. The fraction of sp³-hybridized carbons (Fsp3) is 0.889. The number of hydrogen-bond donors (Lipinski definition) is 1. The van der Waals surface area contributed by atoms with Crippen molar-refractivity contribution in [2.75, 3.05) is 11.6 Å². The number of alkyl halides is 1. The molecule has 88 valence electrons. The van der Waals surface area contributed by atoms with Gasteiger partial charge in [0.1, 0.15) is 0 Å². The standard InChI is InChI=1S/C9H17ClN2O2S/c1-3-9(4-5-11)12-15(13,14)7-8(2)6-10/h8-9,12H,3-4,6-7H2,1-2H3. The summed E-state index contributed by atoms with van der Waals surface area (Å²) in [4.78, 5) is 0. The molecule has 1 N–H and O–H groups in total. The quantitative estimate of drug-likeness (QED) is 0.698. The Hall–Kier alpha value is -0.310. The van der Waals surface area contributed by atoms with Gasteiger partial charge in [-0.2, -0.15) is 5.26 Å². The van der Waals surface area contributed by atoms with Crippen molar-refractivity contribution < 1.29 is 8.42 Å². The van der Waals surface area contributed by atoms with E-state index in [9.17, 15) is 8.42 Å². The molecule has 0 aliphatic rings. The lowest BCUT2D eigenvalue weighted by Crippen LogP contribution is -2.37. The van der Waals surface area contributed by atoms with Crippen LogP contribution in [0.15, 0.2) is 0 Å². The van der Waals surface area contributed by atoms with Crippen molar-refractivity contribution in [2.24, 2.45) is 5.92 Å². The number of nitriles is 1. The molecular weight excluding hydrogens is 236 g/mol. The summed E-state index contributed by atoms with van der Waals surface area (Å²) in [5.74, 6) is 0.248. The van der Waals surface area contributed by atoms with E-state index in [1.165, 1.54) is 0 Å². The number of sulfonamides is 1. The van der Waals surface area contributed by atoms with Crippen LogP contribution in [0.25, 0.3) is 0 Å². The van der Waals surface area contributed by atoms with Gasteiger partial charge in [-0.1, -0.05) is 13.8 Å². The van der Waals surface area contributed by atoms with Crippen molar-refractivity contribution in [3.63, 3.8) is 0 Å². The van der Waals surface area contributed by atoms with Crippen molar-refractivity contribution in [3.8, 4) is 6.07 Å². The van der Waals surface area contributed by atoms with E-state index in [0.29, 0.717) is 12.3 Å². The molecule has 0 bridgehead atoms. The topological polar surface area (TPSA) is 70.0 Å². The Morgan fingerprint density at radius 3 is 2.53 bits per heavy atom. The van der Waals surface area contributed by atoms with Crippen LogP contribution in [-0.2, 0) is 10.0 Å². The summed E-state index contributed by atoms with van der Waals surface area (Å²) in [5.41, 5.74) is 0. The maximum atomic E-state index is 11.6. The number of hydrogen-bond acceptors (Lipinski definition) is 3. The van der Waals surface area contributed by atoms with Crippen LogP contribution in [0.2, 0.25) is 0 Å². The van der Waals surface area contributed by atoms with Gasteiger partial charge in [0.2, 0.25) is 10.0 Å². The van der Waals surface area contributed by atoms with Crippen LogP contribution < -0.4 is 4.72 Å². The monoisotopic (exact) mass is 252 g/mol. The van der Waals surface area contributed by atoms with Gasteiger partial charge < -0.3 is 0 Å². The van der Waals surface area contributed by atoms with Gasteiger partial charge in [0, 0.05) is 11.9 Å². The SMILES string of the molecule is CCC(CC#N)NS(=O)(=O)CC(C)CCl. The maximum absolute atomic E-state index is 11.6. The molecule has 15 heavy (non-hydrogen) atoms. The minimum Gasteiger partial charge on any atom is -0.212 e. The second kappa shape index (κ2) is 7.04. The van der Waals surface area contributed by atoms with Gasteiger partial charge in [-0.25, -0.2) is 13.1 Å². The average molecular weight is 253 g/mol. The summed E-state index contributed by atoms with van der Waals surface area (Å²) < 4.78 is 25.6.